The second kappa shape index (κ2) is 9.14. The average molecular weight is 380 g/mol. The van der Waals surface area contributed by atoms with Gasteiger partial charge in [0, 0.05) is 17.9 Å². The number of thioether (sulfide) groups is 1. The Balaban J connectivity index is 1.42. The van der Waals surface area contributed by atoms with Crippen molar-refractivity contribution in [1.82, 2.24) is 10.2 Å². The van der Waals surface area contributed by atoms with E-state index in [2.05, 4.69) is 20.8 Å². The molecule has 1 aliphatic rings. The second-order valence-corrected chi connectivity index (χ2v) is 7.80. The van der Waals surface area contributed by atoms with Gasteiger partial charge in [-0.2, -0.15) is 0 Å². The lowest BCUT2D eigenvalue weighted by Crippen LogP contribution is -2.25. The second-order valence-electron chi connectivity index (χ2n) is 5.48. The Labute approximate surface area is 154 Å². The van der Waals surface area contributed by atoms with Crippen molar-refractivity contribution in [2.45, 2.75) is 30.4 Å². The van der Waals surface area contributed by atoms with Crippen molar-refractivity contribution in [2.24, 2.45) is 0 Å². The van der Waals surface area contributed by atoms with Crippen LogP contribution < -0.4 is 10.6 Å². The Morgan fingerprint density at radius 1 is 1.32 bits per heavy atom. The van der Waals surface area contributed by atoms with Gasteiger partial charge in [0.15, 0.2) is 10.6 Å². The van der Waals surface area contributed by atoms with Crippen molar-refractivity contribution < 1.29 is 14.3 Å². The van der Waals surface area contributed by atoms with Crippen molar-refractivity contribution in [3.63, 3.8) is 0 Å². The number of aryl methyl sites for hydroxylation is 1. The lowest BCUT2D eigenvalue weighted by Gasteiger charge is -2.22. The summed E-state index contributed by atoms with van der Waals surface area (Å²) in [6.45, 7) is 3.50. The van der Waals surface area contributed by atoms with Crippen molar-refractivity contribution in [3.8, 4) is 0 Å². The fraction of sp³-hybridized carbons (Fsp3) is 0.438. The first-order chi connectivity index (χ1) is 12.2. The van der Waals surface area contributed by atoms with Crippen molar-refractivity contribution in [1.29, 1.82) is 0 Å². The smallest absolute Gasteiger partial charge is 0.325 e. The molecular formula is C16H20N4O3S2. The molecule has 0 bridgehead atoms. The van der Waals surface area contributed by atoms with Crippen LogP contribution in [0.1, 0.15) is 18.4 Å². The third-order valence-electron chi connectivity index (χ3n) is 3.38. The molecule has 134 valence electrons. The number of urea groups is 1. The summed E-state index contributed by atoms with van der Waals surface area (Å²) in [5, 5.41) is 14.0. The van der Waals surface area contributed by atoms with Gasteiger partial charge in [0.25, 0.3) is 0 Å². The molecule has 0 saturated carbocycles. The van der Waals surface area contributed by atoms with E-state index >= 15 is 0 Å². The van der Waals surface area contributed by atoms with Gasteiger partial charge in [0.2, 0.25) is 5.13 Å². The molecule has 1 aliphatic heterocycles. The summed E-state index contributed by atoms with van der Waals surface area (Å²) >= 11 is 2.93. The summed E-state index contributed by atoms with van der Waals surface area (Å²) in [5.74, 6) is 0.828. The number of rotatable bonds is 6. The first-order valence-electron chi connectivity index (χ1n) is 8.03. The van der Waals surface area contributed by atoms with E-state index in [4.69, 9.17) is 9.47 Å². The molecular weight excluding hydrogens is 360 g/mol. The number of anilines is 2. The Morgan fingerprint density at radius 2 is 2.16 bits per heavy atom. The molecule has 2 N–H and O–H groups in total. The molecule has 0 atom stereocenters. The van der Waals surface area contributed by atoms with E-state index in [9.17, 15) is 4.79 Å². The zero-order valence-electron chi connectivity index (χ0n) is 13.9. The summed E-state index contributed by atoms with van der Waals surface area (Å²) in [4.78, 5) is 12.0. The quantitative estimate of drug-likeness (QED) is 0.587. The third-order valence-corrected chi connectivity index (χ3v) is 5.38. The molecule has 0 unspecified atom stereocenters. The number of hydrogen-bond acceptors (Lipinski definition) is 7. The molecule has 0 aliphatic carbocycles. The maximum absolute atomic E-state index is 12.0. The van der Waals surface area contributed by atoms with Crippen LogP contribution in [-0.2, 0) is 9.47 Å². The summed E-state index contributed by atoms with van der Waals surface area (Å²) in [6.07, 6.45) is 1.65. The topological polar surface area (TPSA) is 85.4 Å². The van der Waals surface area contributed by atoms with Gasteiger partial charge in [-0.15, -0.1) is 10.2 Å². The van der Waals surface area contributed by atoms with E-state index in [1.54, 1.807) is 11.8 Å². The van der Waals surface area contributed by atoms with Gasteiger partial charge in [0.05, 0.1) is 13.2 Å². The maximum atomic E-state index is 12.0. The number of carbonyl (C=O) groups is 1. The minimum absolute atomic E-state index is 0.119. The highest BCUT2D eigenvalue weighted by molar-refractivity contribution is 8.01. The number of carbonyl (C=O) groups excluding carboxylic acids is 1. The summed E-state index contributed by atoms with van der Waals surface area (Å²) in [7, 11) is 0. The monoisotopic (exact) mass is 380 g/mol. The Bertz CT molecular complexity index is 704. The van der Waals surface area contributed by atoms with E-state index in [0.29, 0.717) is 5.13 Å². The van der Waals surface area contributed by atoms with Crippen molar-refractivity contribution >= 4 is 39.9 Å². The van der Waals surface area contributed by atoms with Gasteiger partial charge in [-0.05, 0) is 31.0 Å². The largest absolute Gasteiger partial charge is 0.353 e. The lowest BCUT2D eigenvalue weighted by molar-refractivity contribution is -0.178. The van der Waals surface area contributed by atoms with Gasteiger partial charge < -0.3 is 14.8 Å². The normalized spacial score (nSPS) is 15.1. The molecule has 1 fully saturated rings. The SMILES string of the molecule is Cc1cccc(NC(=O)Nc2nnc(SCCC3OCCCO3)s2)c1. The summed E-state index contributed by atoms with van der Waals surface area (Å²) in [5.41, 5.74) is 1.82. The highest BCUT2D eigenvalue weighted by Crippen LogP contribution is 2.27. The van der Waals surface area contributed by atoms with Crippen LogP contribution in [0.3, 0.4) is 0 Å². The molecule has 25 heavy (non-hydrogen) atoms. The Kier molecular flexibility index (Phi) is 6.62. The third kappa shape index (κ3) is 5.96. The maximum Gasteiger partial charge on any atom is 0.325 e. The van der Waals surface area contributed by atoms with E-state index in [1.165, 1.54) is 11.3 Å². The van der Waals surface area contributed by atoms with Crippen LogP contribution >= 0.6 is 23.1 Å². The number of aromatic nitrogens is 2. The number of nitrogens with zero attached hydrogens (tertiary/aromatic N) is 2. The number of benzene rings is 1. The molecule has 2 heterocycles. The number of amides is 2. The zero-order valence-corrected chi connectivity index (χ0v) is 15.5. The molecule has 9 heteroatoms. The Morgan fingerprint density at radius 3 is 2.96 bits per heavy atom. The van der Waals surface area contributed by atoms with Gasteiger partial charge in [-0.25, -0.2) is 4.79 Å². The predicted molar refractivity (Wildman–Crippen MR) is 99.4 cm³/mol. The van der Waals surface area contributed by atoms with Crippen LogP contribution in [0.2, 0.25) is 0 Å². The molecule has 0 radical (unpaired) electrons. The fourth-order valence-corrected chi connectivity index (χ4v) is 4.03. The van der Waals surface area contributed by atoms with E-state index in [-0.39, 0.29) is 12.3 Å². The van der Waals surface area contributed by atoms with E-state index in [1.807, 2.05) is 31.2 Å². The number of hydrogen-bond donors (Lipinski definition) is 2. The molecule has 3 rings (SSSR count). The van der Waals surface area contributed by atoms with Crippen LogP contribution in [0.5, 0.6) is 0 Å². The minimum atomic E-state index is -0.331. The van der Waals surface area contributed by atoms with Gasteiger partial charge in [0.1, 0.15) is 0 Å². The minimum Gasteiger partial charge on any atom is -0.353 e. The average Bonchev–Trinajstić information content (AvgIpc) is 3.03. The van der Waals surface area contributed by atoms with Gasteiger partial charge in [-0.3, -0.25) is 5.32 Å². The van der Waals surface area contributed by atoms with Crippen LogP contribution in [0.25, 0.3) is 0 Å². The molecule has 0 spiro atoms. The lowest BCUT2D eigenvalue weighted by atomic mass is 10.2. The predicted octanol–water partition coefficient (Wildman–Crippen LogP) is 3.74. The molecule has 1 saturated heterocycles. The fourth-order valence-electron chi connectivity index (χ4n) is 2.25. The van der Waals surface area contributed by atoms with Crippen molar-refractivity contribution in [2.75, 3.05) is 29.6 Å². The van der Waals surface area contributed by atoms with Gasteiger partial charge >= 0.3 is 6.03 Å². The van der Waals surface area contributed by atoms with Crippen LogP contribution in [-0.4, -0.2) is 41.5 Å². The number of nitrogens with one attached hydrogen (secondary N) is 2. The molecule has 1 aromatic carbocycles. The molecule has 2 aromatic rings. The van der Waals surface area contributed by atoms with Crippen LogP contribution in [0.15, 0.2) is 28.6 Å². The van der Waals surface area contributed by atoms with Gasteiger partial charge in [-0.1, -0.05) is 35.2 Å². The Hall–Kier alpha value is -1.68. The zero-order chi connectivity index (χ0) is 17.5. The molecule has 1 aromatic heterocycles. The molecule has 7 nitrogen and oxygen atoms in total. The number of ether oxygens (including phenoxy) is 2. The highest BCUT2D eigenvalue weighted by Gasteiger charge is 2.15. The van der Waals surface area contributed by atoms with Crippen LogP contribution in [0.4, 0.5) is 15.6 Å². The standard InChI is InChI=1S/C16H20N4O3S2/c1-11-4-2-5-12(10-11)17-14(21)18-15-19-20-16(25-15)24-9-6-13-22-7-3-8-23-13/h2,4-5,10,13H,3,6-9H2,1H3,(H2,17,18,19,21). The first-order valence-corrected chi connectivity index (χ1v) is 9.83. The van der Waals surface area contributed by atoms with Crippen molar-refractivity contribution in [3.05, 3.63) is 29.8 Å². The molecule has 2 amide bonds. The van der Waals surface area contributed by atoms with E-state index < -0.39 is 0 Å². The van der Waals surface area contributed by atoms with Crippen LogP contribution in [0, 0.1) is 6.92 Å². The van der Waals surface area contributed by atoms with E-state index in [0.717, 1.165) is 47.4 Å². The summed E-state index contributed by atoms with van der Waals surface area (Å²) in [6, 6.07) is 7.27. The first kappa shape index (κ1) is 18.1. The summed E-state index contributed by atoms with van der Waals surface area (Å²) < 4.78 is 11.8. The highest BCUT2D eigenvalue weighted by atomic mass is 32.2.